The van der Waals surface area contributed by atoms with E-state index in [4.69, 9.17) is 0 Å². The Kier molecular flexibility index (Phi) is 6.88. The molecule has 1 fully saturated rings. The molecule has 0 spiro atoms. The van der Waals surface area contributed by atoms with E-state index in [2.05, 4.69) is 0 Å². The maximum Gasteiger partial charge on any atom is 0.253 e. The van der Waals surface area contributed by atoms with Crippen LogP contribution in [0.4, 0.5) is 0 Å². The number of benzene rings is 2. The summed E-state index contributed by atoms with van der Waals surface area (Å²) in [6, 6.07) is 20.2. The Morgan fingerprint density at radius 3 is 2.41 bits per heavy atom. The van der Waals surface area contributed by atoms with Crippen molar-refractivity contribution in [2.24, 2.45) is 0 Å². The highest BCUT2D eigenvalue weighted by Gasteiger charge is 2.49. The van der Waals surface area contributed by atoms with Crippen molar-refractivity contribution in [1.82, 2.24) is 10.4 Å². The van der Waals surface area contributed by atoms with E-state index in [1.165, 1.54) is 16.2 Å². The van der Waals surface area contributed by atoms with Gasteiger partial charge in [0.15, 0.2) is 9.84 Å². The van der Waals surface area contributed by atoms with E-state index in [0.717, 1.165) is 16.0 Å². The molecule has 3 aromatic rings. The first-order valence-corrected chi connectivity index (χ1v) is 13.4. The van der Waals surface area contributed by atoms with E-state index >= 15 is 0 Å². The highest BCUT2D eigenvalue weighted by atomic mass is 32.2. The van der Waals surface area contributed by atoms with Crippen LogP contribution in [0.1, 0.15) is 33.6 Å². The quantitative estimate of drug-likeness (QED) is 0.412. The number of sulfone groups is 1. The molecule has 0 saturated carbocycles. The molecule has 2 N–H and O–H groups in total. The van der Waals surface area contributed by atoms with Gasteiger partial charge in [-0.2, -0.15) is 0 Å². The number of carbonyl (C=O) groups excluding carboxylic acids is 2. The topological polar surface area (TPSA) is 104 Å². The smallest absolute Gasteiger partial charge is 0.253 e. The molecule has 9 heteroatoms. The Hall–Kier alpha value is -3.01. The van der Waals surface area contributed by atoms with E-state index in [9.17, 15) is 23.2 Å². The Balaban J connectivity index is 1.72. The van der Waals surface area contributed by atoms with Gasteiger partial charge in [-0.1, -0.05) is 48.0 Å². The van der Waals surface area contributed by atoms with Gasteiger partial charge in [0, 0.05) is 28.4 Å². The molecule has 0 radical (unpaired) electrons. The lowest BCUT2D eigenvalue weighted by Crippen LogP contribution is -2.41. The third-order valence-corrected chi connectivity index (χ3v) is 10.2. The predicted molar refractivity (Wildman–Crippen MR) is 131 cm³/mol. The van der Waals surface area contributed by atoms with Crippen molar-refractivity contribution >= 4 is 33.0 Å². The second-order valence-electron chi connectivity index (χ2n) is 8.46. The number of thiophene rings is 1. The van der Waals surface area contributed by atoms with Crippen LogP contribution in [0.2, 0.25) is 0 Å². The summed E-state index contributed by atoms with van der Waals surface area (Å²) in [4.78, 5) is 28.3. The van der Waals surface area contributed by atoms with Gasteiger partial charge in [0.1, 0.15) is 4.75 Å². The van der Waals surface area contributed by atoms with Crippen LogP contribution in [0, 0.1) is 6.92 Å². The minimum absolute atomic E-state index is 0.0365. The van der Waals surface area contributed by atoms with Crippen molar-refractivity contribution in [1.29, 1.82) is 0 Å². The molecule has 1 aromatic heterocycles. The second kappa shape index (κ2) is 9.69. The van der Waals surface area contributed by atoms with Gasteiger partial charge in [0.2, 0.25) is 5.91 Å². The average Bonchev–Trinajstić information content (AvgIpc) is 3.29. The molecule has 1 aliphatic heterocycles. The van der Waals surface area contributed by atoms with Crippen LogP contribution in [-0.4, -0.2) is 49.2 Å². The van der Waals surface area contributed by atoms with Gasteiger partial charge in [-0.15, -0.1) is 11.3 Å². The largest absolute Gasteiger partial charge is 0.338 e. The lowest BCUT2D eigenvalue weighted by Gasteiger charge is -2.30. The number of hydroxylamine groups is 1. The first-order chi connectivity index (χ1) is 16.3. The van der Waals surface area contributed by atoms with E-state index in [0.29, 0.717) is 10.4 Å². The Bertz CT molecular complexity index is 1290. The molecule has 1 atom stereocenters. The van der Waals surface area contributed by atoms with Crippen LogP contribution < -0.4 is 5.48 Å². The maximum absolute atomic E-state index is 13.7. The highest BCUT2D eigenvalue weighted by molar-refractivity contribution is 7.92. The normalized spacial score (nSPS) is 19.9. The SMILES string of the molecule is Cc1ccc(-c2ccc([C@@]3(CC(=O)NO)CCN(C(=O)c4ccccc4)CCS3(=O)=O)s2)cc1. The van der Waals surface area contributed by atoms with Crippen molar-refractivity contribution in [2.45, 2.75) is 24.5 Å². The Morgan fingerprint density at radius 1 is 1.03 bits per heavy atom. The molecule has 7 nitrogen and oxygen atoms in total. The summed E-state index contributed by atoms with van der Waals surface area (Å²) in [7, 11) is -3.86. The summed E-state index contributed by atoms with van der Waals surface area (Å²) in [6.45, 7) is 2.20. The number of hydrogen-bond donors (Lipinski definition) is 2. The minimum Gasteiger partial charge on any atom is -0.338 e. The second-order valence-corrected chi connectivity index (χ2v) is 12.0. The number of rotatable bonds is 5. The zero-order valence-electron chi connectivity index (χ0n) is 18.7. The van der Waals surface area contributed by atoms with Crippen LogP contribution in [-0.2, 0) is 19.4 Å². The summed E-state index contributed by atoms with van der Waals surface area (Å²) in [5.74, 6) is -1.30. The molecule has 34 heavy (non-hydrogen) atoms. The number of carbonyl (C=O) groups is 2. The summed E-state index contributed by atoms with van der Waals surface area (Å²) < 4.78 is 25.8. The van der Waals surface area contributed by atoms with Crippen molar-refractivity contribution in [2.75, 3.05) is 18.8 Å². The van der Waals surface area contributed by atoms with E-state index in [-0.39, 0.29) is 31.2 Å². The van der Waals surface area contributed by atoms with Gasteiger partial charge in [0.25, 0.3) is 5.91 Å². The van der Waals surface area contributed by atoms with Crippen molar-refractivity contribution in [3.8, 4) is 10.4 Å². The van der Waals surface area contributed by atoms with Gasteiger partial charge in [0.05, 0.1) is 12.2 Å². The molecule has 178 valence electrons. The minimum atomic E-state index is -3.86. The molecule has 1 aliphatic rings. The first kappa shape index (κ1) is 24.1. The van der Waals surface area contributed by atoms with Gasteiger partial charge in [-0.3, -0.25) is 14.8 Å². The van der Waals surface area contributed by atoms with Gasteiger partial charge in [-0.25, -0.2) is 13.9 Å². The van der Waals surface area contributed by atoms with Gasteiger partial charge >= 0.3 is 0 Å². The van der Waals surface area contributed by atoms with Crippen molar-refractivity contribution < 1.29 is 23.2 Å². The third kappa shape index (κ3) is 4.64. The lowest BCUT2D eigenvalue weighted by atomic mass is 9.97. The number of hydrogen-bond acceptors (Lipinski definition) is 6. The summed E-state index contributed by atoms with van der Waals surface area (Å²) in [6.07, 6.45) is -0.373. The predicted octanol–water partition coefficient (Wildman–Crippen LogP) is 3.78. The van der Waals surface area contributed by atoms with Crippen LogP contribution in [0.15, 0.2) is 66.7 Å². The van der Waals surface area contributed by atoms with E-state index < -0.39 is 26.9 Å². The van der Waals surface area contributed by atoms with E-state index in [1.54, 1.807) is 35.8 Å². The number of amides is 2. The maximum atomic E-state index is 13.7. The van der Waals surface area contributed by atoms with Crippen LogP contribution in [0.5, 0.6) is 0 Å². The lowest BCUT2D eigenvalue weighted by molar-refractivity contribution is -0.129. The number of nitrogens with one attached hydrogen (secondary N) is 1. The van der Waals surface area contributed by atoms with E-state index in [1.807, 2.05) is 43.3 Å². The molecule has 2 amide bonds. The Labute approximate surface area is 202 Å². The fourth-order valence-corrected chi connectivity index (χ4v) is 7.90. The number of aryl methyl sites for hydroxylation is 1. The first-order valence-electron chi connectivity index (χ1n) is 10.9. The molecule has 0 bridgehead atoms. The molecule has 1 saturated heterocycles. The van der Waals surface area contributed by atoms with Gasteiger partial charge < -0.3 is 4.90 Å². The zero-order chi connectivity index (χ0) is 24.3. The van der Waals surface area contributed by atoms with Crippen molar-refractivity contribution in [3.05, 3.63) is 82.7 Å². The third-order valence-electron chi connectivity index (χ3n) is 6.28. The number of nitrogens with zero attached hydrogens (tertiary/aromatic N) is 1. The molecule has 0 unspecified atom stereocenters. The monoisotopic (exact) mass is 498 g/mol. The van der Waals surface area contributed by atoms with Crippen LogP contribution in [0.25, 0.3) is 10.4 Å². The summed E-state index contributed by atoms with van der Waals surface area (Å²) >= 11 is 1.32. The summed E-state index contributed by atoms with van der Waals surface area (Å²) in [5.41, 5.74) is 4.15. The molecule has 2 heterocycles. The molecule has 2 aromatic carbocycles. The Morgan fingerprint density at radius 2 is 1.74 bits per heavy atom. The molecular weight excluding hydrogens is 472 g/mol. The molecule has 4 rings (SSSR count). The average molecular weight is 499 g/mol. The van der Waals surface area contributed by atoms with Crippen molar-refractivity contribution in [3.63, 3.8) is 0 Å². The molecular formula is C25H26N2O5S2. The standard InChI is InChI=1S/C25H26N2O5S2/c1-18-7-9-19(10-8-18)21-11-12-22(33-21)25(17-23(28)26-30)13-14-27(15-16-34(25,31)32)24(29)20-5-3-2-4-6-20/h2-12,30H,13-17H2,1H3,(H,26,28)/t25-/m0/s1. The fraction of sp³-hybridized carbons (Fsp3) is 0.280. The van der Waals surface area contributed by atoms with Gasteiger partial charge in [-0.05, 0) is 43.2 Å². The van der Waals surface area contributed by atoms with Crippen LogP contribution in [0.3, 0.4) is 0 Å². The molecule has 0 aliphatic carbocycles. The zero-order valence-corrected chi connectivity index (χ0v) is 20.4. The highest BCUT2D eigenvalue weighted by Crippen LogP contribution is 2.45. The fourth-order valence-electron chi connectivity index (χ4n) is 4.29. The van der Waals surface area contributed by atoms with Crippen LogP contribution >= 0.6 is 11.3 Å². The summed E-state index contributed by atoms with van der Waals surface area (Å²) in [5, 5.41) is 9.21.